The average Bonchev–Trinajstić information content (AvgIpc) is 2.80. The van der Waals surface area contributed by atoms with Crippen LogP contribution in [0.1, 0.15) is 31.5 Å². The predicted octanol–water partition coefficient (Wildman–Crippen LogP) is 2.86. The highest BCUT2D eigenvalue weighted by molar-refractivity contribution is 6.35. The lowest BCUT2D eigenvalue weighted by Gasteiger charge is -2.32. The Morgan fingerprint density at radius 3 is 2.96 bits per heavy atom. The smallest absolute Gasteiger partial charge is 0.280 e. The Hall–Kier alpha value is -1.98. The van der Waals surface area contributed by atoms with Gasteiger partial charge in [0.15, 0.2) is 0 Å². The number of alkyl halides is 2. The van der Waals surface area contributed by atoms with Crippen LogP contribution < -0.4 is 10.6 Å². The zero-order valence-electron chi connectivity index (χ0n) is 14.0. The first kappa shape index (κ1) is 17.8. The van der Waals surface area contributed by atoms with Crippen molar-refractivity contribution in [2.75, 3.05) is 18.4 Å². The van der Waals surface area contributed by atoms with Gasteiger partial charge in [-0.15, -0.1) is 5.10 Å². The van der Waals surface area contributed by atoms with Crippen LogP contribution in [-0.4, -0.2) is 39.7 Å². The number of nitriles is 1. The number of fused-ring (bicyclic) bond motifs is 1. The lowest BCUT2D eigenvalue weighted by atomic mass is 10.0. The Kier molecular flexibility index (Phi) is 4.80. The molecule has 25 heavy (non-hydrogen) atoms. The summed E-state index contributed by atoms with van der Waals surface area (Å²) in [5.41, 5.74) is 1.52. The van der Waals surface area contributed by atoms with E-state index < -0.39 is 12.0 Å². The van der Waals surface area contributed by atoms with E-state index in [0.29, 0.717) is 29.7 Å². The van der Waals surface area contributed by atoms with Gasteiger partial charge >= 0.3 is 0 Å². The Morgan fingerprint density at radius 2 is 2.32 bits per heavy atom. The molecule has 1 saturated heterocycles. The third kappa shape index (κ3) is 3.39. The number of hydrogen-bond donors (Lipinski definition) is 2. The Labute approximate surface area is 149 Å². The van der Waals surface area contributed by atoms with Crippen LogP contribution in [0.3, 0.4) is 0 Å². The SMILES string of the molecule is CC(C)Cc1c(C#N)c(Cl)c2cnc(NC3CCNCC3(F)F)nn12. The summed E-state index contributed by atoms with van der Waals surface area (Å²) < 4.78 is 29.5. The molecular formula is C16H19ClF2N6. The number of halogens is 3. The maximum atomic E-state index is 14.0. The fraction of sp³-hybridized carbons (Fsp3) is 0.562. The number of nitrogens with one attached hydrogen (secondary N) is 2. The van der Waals surface area contributed by atoms with Gasteiger partial charge in [-0.25, -0.2) is 18.3 Å². The molecule has 0 aliphatic carbocycles. The third-order valence-electron chi connectivity index (χ3n) is 4.22. The summed E-state index contributed by atoms with van der Waals surface area (Å²) in [5.74, 6) is -2.51. The predicted molar refractivity (Wildman–Crippen MR) is 91.1 cm³/mol. The number of aromatic nitrogens is 3. The van der Waals surface area contributed by atoms with E-state index in [1.807, 2.05) is 13.8 Å². The van der Waals surface area contributed by atoms with Crippen LogP contribution in [-0.2, 0) is 6.42 Å². The van der Waals surface area contributed by atoms with Crippen LogP contribution in [0.25, 0.3) is 5.52 Å². The van der Waals surface area contributed by atoms with Crippen LogP contribution in [0, 0.1) is 17.2 Å². The van der Waals surface area contributed by atoms with Crippen molar-refractivity contribution in [3.8, 4) is 6.07 Å². The number of piperidine rings is 1. The van der Waals surface area contributed by atoms with Crippen molar-refractivity contribution in [3.63, 3.8) is 0 Å². The molecule has 134 valence electrons. The number of rotatable bonds is 4. The summed E-state index contributed by atoms with van der Waals surface area (Å²) in [7, 11) is 0. The monoisotopic (exact) mass is 368 g/mol. The van der Waals surface area contributed by atoms with Gasteiger partial charge in [0.25, 0.3) is 5.92 Å². The summed E-state index contributed by atoms with van der Waals surface area (Å²) in [5, 5.41) is 19.4. The lowest BCUT2D eigenvalue weighted by Crippen LogP contribution is -2.53. The molecule has 1 atom stereocenters. The molecule has 2 N–H and O–H groups in total. The standard InChI is InChI=1S/C16H19ClF2N6/c1-9(2)5-11-10(6-20)14(17)12-7-22-15(24-25(11)12)23-13-3-4-21-8-16(13,18)19/h7,9,13,21H,3-5,8H2,1-2H3,(H,23,24). The maximum Gasteiger partial charge on any atom is 0.280 e. The number of anilines is 1. The molecule has 0 amide bonds. The van der Waals surface area contributed by atoms with Crippen molar-refractivity contribution in [3.05, 3.63) is 22.5 Å². The van der Waals surface area contributed by atoms with Crippen LogP contribution >= 0.6 is 11.6 Å². The second-order valence-electron chi connectivity index (χ2n) is 6.65. The van der Waals surface area contributed by atoms with E-state index in [1.165, 1.54) is 10.7 Å². The molecule has 0 aromatic carbocycles. The minimum Gasteiger partial charge on any atom is -0.344 e. The molecule has 0 radical (unpaired) electrons. The summed E-state index contributed by atoms with van der Waals surface area (Å²) >= 11 is 6.26. The first-order valence-corrected chi connectivity index (χ1v) is 8.52. The Balaban J connectivity index is 2.00. The minimum atomic E-state index is -2.89. The van der Waals surface area contributed by atoms with Gasteiger partial charge in [0.2, 0.25) is 5.95 Å². The lowest BCUT2D eigenvalue weighted by molar-refractivity contribution is -0.0324. The van der Waals surface area contributed by atoms with E-state index in [2.05, 4.69) is 26.8 Å². The highest BCUT2D eigenvalue weighted by Gasteiger charge is 2.42. The van der Waals surface area contributed by atoms with E-state index >= 15 is 0 Å². The van der Waals surface area contributed by atoms with E-state index in [0.717, 1.165) is 0 Å². The molecule has 1 fully saturated rings. The van der Waals surface area contributed by atoms with Gasteiger partial charge in [0, 0.05) is 0 Å². The molecule has 9 heteroatoms. The summed E-state index contributed by atoms with van der Waals surface area (Å²) in [4.78, 5) is 4.10. The molecule has 2 aromatic heterocycles. The number of nitrogens with zero attached hydrogens (tertiary/aromatic N) is 4. The average molecular weight is 369 g/mol. The van der Waals surface area contributed by atoms with Crippen LogP contribution in [0.2, 0.25) is 5.02 Å². The zero-order chi connectivity index (χ0) is 18.2. The van der Waals surface area contributed by atoms with Gasteiger partial charge in [-0.05, 0) is 25.3 Å². The molecule has 3 rings (SSSR count). The van der Waals surface area contributed by atoms with Crippen LogP contribution in [0.5, 0.6) is 0 Å². The molecular weight excluding hydrogens is 350 g/mol. The van der Waals surface area contributed by atoms with E-state index in [1.54, 1.807) is 0 Å². The minimum absolute atomic E-state index is 0.0974. The van der Waals surface area contributed by atoms with Gasteiger partial charge in [-0.2, -0.15) is 5.26 Å². The molecule has 6 nitrogen and oxygen atoms in total. The molecule has 1 aliphatic rings. The highest BCUT2D eigenvalue weighted by Crippen LogP contribution is 2.30. The summed E-state index contributed by atoms with van der Waals surface area (Å²) in [6, 6.07) is 1.06. The first-order chi connectivity index (χ1) is 11.8. The fourth-order valence-corrected chi connectivity index (χ4v) is 3.27. The molecule has 1 aliphatic heterocycles. The third-order valence-corrected chi connectivity index (χ3v) is 4.60. The van der Waals surface area contributed by atoms with Crippen molar-refractivity contribution < 1.29 is 8.78 Å². The van der Waals surface area contributed by atoms with E-state index in [4.69, 9.17) is 11.6 Å². The van der Waals surface area contributed by atoms with Gasteiger partial charge in [-0.1, -0.05) is 25.4 Å². The molecule has 0 saturated carbocycles. The van der Waals surface area contributed by atoms with Crippen molar-refractivity contribution in [1.82, 2.24) is 19.9 Å². The summed E-state index contributed by atoms with van der Waals surface area (Å²) in [6.45, 7) is 4.16. The summed E-state index contributed by atoms with van der Waals surface area (Å²) in [6.07, 6.45) is 2.32. The van der Waals surface area contributed by atoms with Crippen molar-refractivity contribution in [1.29, 1.82) is 5.26 Å². The normalized spacial score (nSPS) is 20.0. The van der Waals surface area contributed by atoms with Crippen LogP contribution in [0.4, 0.5) is 14.7 Å². The molecule has 0 bridgehead atoms. The van der Waals surface area contributed by atoms with Gasteiger partial charge in [0.1, 0.15) is 11.6 Å². The second-order valence-corrected chi connectivity index (χ2v) is 7.03. The largest absolute Gasteiger partial charge is 0.344 e. The fourth-order valence-electron chi connectivity index (χ4n) is 2.99. The molecule has 2 aromatic rings. The quantitative estimate of drug-likeness (QED) is 0.867. The van der Waals surface area contributed by atoms with Crippen molar-refractivity contribution in [2.24, 2.45) is 5.92 Å². The molecule has 0 spiro atoms. The first-order valence-electron chi connectivity index (χ1n) is 8.14. The topological polar surface area (TPSA) is 78.0 Å². The van der Waals surface area contributed by atoms with Crippen molar-refractivity contribution in [2.45, 2.75) is 38.7 Å². The van der Waals surface area contributed by atoms with E-state index in [-0.39, 0.29) is 29.9 Å². The molecule has 1 unspecified atom stereocenters. The van der Waals surface area contributed by atoms with Gasteiger partial charge in [-0.3, -0.25) is 0 Å². The zero-order valence-corrected chi connectivity index (χ0v) is 14.7. The number of hydrogen-bond acceptors (Lipinski definition) is 5. The second kappa shape index (κ2) is 6.73. The maximum absolute atomic E-state index is 14.0. The highest BCUT2D eigenvalue weighted by atomic mass is 35.5. The van der Waals surface area contributed by atoms with Gasteiger partial charge < -0.3 is 10.6 Å². The van der Waals surface area contributed by atoms with E-state index in [9.17, 15) is 14.0 Å². The Bertz CT molecular complexity index is 826. The Morgan fingerprint density at radius 1 is 1.56 bits per heavy atom. The van der Waals surface area contributed by atoms with Crippen LogP contribution in [0.15, 0.2) is 6.20 Å². The van der Waals surface area contributed by atoms with Gasteiger partial charge in [0.05, 0.1) is 35.1 Å². The molecule has 3 heterocycles. The van der Waals surface area contributed by atoms with Crippen molar-refractivity contribution >= 4 is 23.1 Å².